The zero-order chi connectivity index (χ0) is 20.3. The van der Waals surface area contributed by atoms with Gasteiger partial charge in [-0.25, -0.2) is 13.1 Å². The lowest BCUT2D eigenvalue weighted by Gasteiger charge is -2.14. The number of hydrogen-bond acceptors (Lipinski definition) is 6. The summed E-state index contributed by atoms with van der Waals surface area (Å²) in [6.45, 7) is 0. The maximum absolute atomic E-state index is 12.7. The largest absolute Gasteiger partial charge is 0.497 e. The number of sulfonamides is 1. The molecular weight excluding hydrogens is 384 g/mol. The van der Waals surface area contributed by atoms with E-state index in [9.17, 15) is 13.2 Å². The summed E-state index contributed by atoms with van der Waals surface area (Å²) in [4.78, 5) is 12.6. The van der Waals surface area contributed by atoms with Crippen LogP contribution in [-0.2, 0) is 10.0 Å². The standard InChI is InChI=1S/C19H22N2O6S/c1-25-14-7-8-15(17(11-14)27-3)20-19(22)12-4-9-16(26-2)18(10-12)28(23,24)21-13-5-6-13/h4,7-11,13,21H,5-6H2,1-3H3,(H,20,22). The van der Waals surface area contributed by atoms with Crippen LogP contribution in [0.1, 0.15) is 23.2 Å². The summed E-state index contributed by atoms with van der Waals surface area (Å²) >= 11 is 0. The van der Waals surface area contributed by atoms with Gasteiger partial charge in [-0.1, -0.05) is 0 Å². The SMILES string of the molecule is COc1ccc(NC(=O)c2ccc(OC)c(S(=O)(=O)NC3CC3)c2)c(OC)c1. The molecular formula is C19H22N2O6S. The van der Waals surface area contributed by atoms with Crippen LogP contribution in [0.5, 0.6) is 17.2 Å². The highest BCUT2D eigenvalue weighted by atomic mass is 32.2. The van der Waals surface area contributed by atoms with Crippen LogP contribution in [0.2, 0.25) is 0 Å². The maximum atomic E-state index is 12.7. The molecule has 28 heavy (non-hydrogen) atoms. The Hall–Kier alpha value is -2.78. The van der Waals surface area contributed by atoms with E-state index in [1.807, 2.05) is 0 Å². The van der Waals surface area contributed by atoms with Gasteiger partial charge in [0.05, 0.1) is 27.0 Å². The molecule has 0 unspecified atom stereocenters. The molecule has 0 atom stereocenters. The van der Waals surface area contributed by atoms with Crippen molar-refractivity contribution in [2.45, 2.75) is 23.8 Å². The first-order valence-corrected chi connectivity index (χ1v) is 10.1. The fourth-order valence-electron chi connectivity index (χ4n) is 2.61. The fourth-order valence-corrected chi connectivity index (χ4v) is 4.11. The van der Waals surface area contributed by atoms with Gasteiger partial charge in [0.2, 0.25) is 10.0 Å². The molecule has 1 aliphatic rings. The fraction of sp³-hybridized carbons (Fsp3) is 0.316. The highest BCUT2D eigenvalue weighted by molar-refractivity contribution is 7.89. The molecule has 8 nitrogen and oxygen atoms in total. The van der Waals surface area contributed by atoms with E-state index in [-0.39, 0.29) is 22.3 Å². The van der Waals surface area contributed by atoms with Gasteiger partial charge in [-0.3, -0.25) is 4.79 Å². The molecule has 1 fully saturated rings. The summed E-state index contributed by atoms with van der Waals surface area (Å²) in [5.74, 6) is 0.698. The summed E-state index contributed by atoms with van der Waals surface area (Å²) in [5.41, 5.74) is 0.611. The van der Waals surface area contributed by atoms with Gasteiger partial charge in [0.25, 0.3) is 5.91 Å². The van der Waals surface area contributed by atoms with Crippen molar-refractivity contribution in [3.8, 4) is 17.2 Å². The summed E-state index contributed by atoms with van der Waals surface area (Å²) in [6, 6.07) is 9.17. The average molecular weight is 406 g/mol. The van der Waals surface area contributed by atoms with E-state index in [2.05, 4.69) is 10.0 Å². The molecule has 0 spiro atoms. The van der Waals surface area contributed by atoms with Crippen LogP contribution in [-0.4, -0.2) is 41.7 Å². The molecule has 2 aromatic carbocycles. The van der Waals surface area contributed by atoms with E-state index in [4.69, 9.17) is 14.2 Å². The zero-order valence-electron chi connectivity index (χ0n) is 15.8. The molecule has 3 rings (SSSR count). The Morgan fingerprint density at radius 3 is 2.29 bits per heavy atom. The first kappa shape index (κ1) is 20.0. The van der Waals surface area contributed by atoms with Crippen LogP contribution in [0.15, 0.2) is 41.3 Å². The van der Waals surface area contributed by atoms with Gasteiger partial charge < -0.3 is 19.5 Å². The van der Waals surface area contributed by atoms with E-state index in [0.29, 0.717) is 17.2 Å². The van der Waals surface area contributed by atoms with Crippen LogP contribution < -0.4 is 24.2 Å². The Kier molecular flexibility index (Phi) is 5.76. The van der Waals surface area contributed by atoms with Gasteiger partial charge in [0.1, 0.15) is 22.1 Å². The van der Waals surface area contributed by atoms with Gasteiger partial charge in [0, 0.05) is 17.7 Å². The zero-order valence-corrected chi connectivity index (χ0v) is 16.6. The van der Waals surface area contributed by atoms with Crippen LogP contribution >= 0.6 is 0 Å². The van der Waals surface area contributed by atoms with Crippen molar-refractivity contribution >= 4 is 21.6 Å². The van der Waals surface area contributed by atoms with Crippen molar-refractivity contribution < 1.29 is 27.4 Å². The number of hydrogen-bond donors (Lipinski definition) is 2. The molecule has 0 saturated heterocycles. The van der Waals surface area contributed by atoms with Crippen molar-refractivity contribution in [2.75, 3.05) is 26.6 Å². The molecule has 1 saturated carbocycles. The Balaban J connectivity index is 1.89. The van der Waals surface area contributed by atoms with E-state index in [1.165, 1.54) is 39.5 Å². The molecule has 2 N–H and O–H groups in total. The number of rotatable bonds is 8. The lowest BCUT2D eigenvalue weighted by Crippen LogP contribution is -2.26. The lowest BCUT2D eigenvalue weighted by atomic mass is 10.2. The summed E-state index contributed by atoms with van der Waals surface area (Å²) in [5, 5.41) is 2.72. The normalized spacial score (nSPS) is 13.7. The second kappa shape index (κ2) is 8.07. The molecule has 9 heteroatoms. The third-order valence-electron chi connectivity index (χ3n) is 4.27. The van der Waals surface area contributed by atoms with Crippen molar-refractivity contribution in [1.82, 2.24) is 4.72 Å². The molecule has 2 aromatic rings. The molecule has 0 bridgehead atoms. The number of nitrogens with one attached hydrogen (secondary N) is 2. The average Bonchev–Trinajstić information content (AvgIpc) is 3.50. The summed E-state index contributed by atoms with van der Waals surface area (Å²) < 4.78 is 43.4. The van der Waals surface area contributed by atoms with Gasteiger partial charge in [0.15, 0.2) is 0 Å². The van der Waals surface area contributed by atoms with E-state index >= 15 is 0 Å². The summed E-state index contributed by atoms with van der Waals surface area (Å²) in [6.07, 6.45) is 1.61. The van der Waals surface area contributed by atoms with Crippen molar-refractivity contribution in [2.24, 2.45) is 0 Å². The minimum atomic E-state index is -3.79. The number of amides is 1. The van der Waals surface area contributed by atoms with E-state index in [0.717, 1.165) is 12.8 Å². The second-order valence-electron chi connectivity index (χ2n) is 6.28. The third kappa shape index (κ3) is 4.37. The Bertz CT molecular complexity index is 986. The number of carbonyl (C=O) groups is 1. The van der Waals surface area contributed by atoms with E-state index in [1.54, 1.807) is 18.2 Å². The van der Waals surface area contributed by atoms with Gasteiger partial charge in [-0.2, -0.15) is 0 Å². The first-order valence-electron chi connectivity index (χ1n) is 8.61. The Morgan fingerprint density at radius 1 is 0.964 bits per heavy atom. The molecule has 0 aliphatic heterocycles. The van der Waals surface area contributed by atoms with Gasteiger partial charge in [-0.05, 0) is 43.2 Å². The van der Waals surface area contributed by atoms with Gasteiger partial charge in [-0.15, -0.1) is 0 Å². The smallest absolute Gasteiger partial charge is 0.255 e. The Labute approximate surface area is 163 Å². The predicted molar refractivity (Wildman–Crippen MR) is 104 cm³/mol. The second-order valence-corrected chi connectivity index (χ2v) is 7.96. The van der Waals surface area contributed by atoms with E-state index < -0.39 is 15.9 Å². The van der Waals surface area contributed by atoms with Crippen LogP contribution in [0.4, 0.5) is 5.69 Å². The highest BCUT2D eigenvalue weighted by Gasteiger charge is 2.30. The maximum Gasteiger partial charge on any atom is 0.255 e. The third-order valence-corrected chi connectivity index (χ3v) is 5.81. The minimum absolute atomic E-state index is 0.0595. The lowest BCUT2D eigenvalue weighted by molar-refractivity contribution is 0.102. The molecule has 0 heterocycles. The number of ether oxygens (including phenoxy) is 3. The van der Waals surface area contributed by atoms with Crippen molar-refractivity contribution in [1.29, 1.82) is 0 Å². The van der Waals surface area contributed by atoms with Crippen LogP contribution in [0.25, 0.3) is 0 Å². The Morgan fingerprint density at radius 2 is 1.68 bits per heavy atom. The molecule has 0 radical (unpaired) electrons. The van der Waals surface area contributed by atoms with Crippen LogP contribution in [0, 0.1) is 0 Å². The summed E-state index contributed by atoms with van der Waals surface area (Å²) in [7, 11) is 0.604. The molecule has 150 valence electrons. The number of benzene rings is 2. The monoisotopic (exact) mass is 406 g/mol. The predicted octanol–water partition coefficient (Wildman–Crippen LogP) is 2.41. The number of carbonyl (C=O) groups excluding carboxylic acids is 1. The molecule has 1 amide bonds. The first-order chi connectivity index (χ1) is 13.4. The van der Waals surface area contributed by atoms with Crippen molar-refractivity contribution in [3.05, 3.63) is 42.0 Å². The highest BCUT2D eigenvalue weighted by Crippen LogP contribution is 2.31. The van der Waals surface area contributed by atoms with Crippen molar-refractivity contribution in [3.63, 3.8) is 0 Å². The molecule has 1 aliphatic carbocycles. The topological polar surface area (TPSA) is 103 Å². The number of methoxy groups -OCH3 is 3. The number of anilines is 1. The molecule has 0 aromatic heterocycles. The minimum Gasteiger partial charge on any atom is -0.497 e. The quantitative estimate of drug-likeness (QED) is 0.698. The van der Waals surface area contributed by atoms with Crippen LogP contribution in [0.3, 0.4) is 0 Å². The van der Waals surface area contributed by atoms with Gasteiger partial charge >= 0.3 is 0 Å².